The van der Waals surface area contributed by atoms with E-state index in [1.807, 2.05) is 29.9 Å². The minimum absolute atomic E-state index is 0.0472. The molecule has 1 aromatic heterocycles. The molecule has 0 bridgehead atoms. The molecular weight excluding hydrogens is 212 g/mol. The summed E-state index contributed by atoms with van der Waals surface area (Å²) in [6.07, 6.45) is 1.81. The Hall–Kier alpha value is -1.17. The van der Waals surface area contributed by atoms with Gasteiger partial charge in [0.15, 0.2) is 5.82 Å². The lowest BCUT2D eigenvalue weighted by atomic mass is 10.5. The Morgan fingerprint density at radius 2 is 2.27 bits per heavy atom. The maximum absolute atomic E-state index is 11.7. The average Bonchev–Trinajstić information content (AvgIpc) is 2.65. The van der Waals surface area contributed by atoms with Crippen molar-refractivity contribution in [3.8, 4) is 0 Å². The molecule has 1 aliphatic heterocycles. The van der Waals surface area contributed by atoms with Crippen LogP contribution in [0.3, 0.4) is 0 Å². The van der Waals surface area contributed by atoms with Gasteiger partial charge in [0.1, 0.15) is 0 Å². The molecule has 2 heterocycles. The van der Waals surface area contributed by atoms with Crippen molar-refractivity contribution in [3.05, 3.63) is 12.3 Å². The minimum Gasteiger partial charge on any atom is -0.323 e. The van der Waals surface area contributed by atoms with E-state index in [2.05, 4.69) is 10.4 Å². The summed E-state index contributed by atoms with van der Waals surface area (Å²) < 4.78 is 1.67. The van der Waals surface area contributed by atoms with E-state index in [-0.39, 0.29) is 6.03 Å². The Bertz CT molecular complexity index is 346. The highest BCUT2D eigenvalue weighted by Crippen LogP contribution is 2.10. The third-order valence-electron chi connectivity index (χ3n) is 2.25. The van der Waals surface area contributed by atoms with Gasteiger partial charge in [0.25, 0.3) is 0 Å². The first kappa shape index (κ1) is 10.4. The molecule has 6 heteroatoms. The van der Waals surface area contributed by atoms with Crippen molar-refractivity contribution in [2.24, 2.45) is 7.05 Å². The standard InChI is InChI=1S/C9H14N4OS/c1-12-3-2-8(11-12)10-9(14)13-4-6-15-7-5-13/h2-3H,4-7H2,1H3,(H,10,11,14). The number of aryl methyl sites for hydroxylation is 1. The number of urea groups is 1. The van der Waals surface area contributed by atoms with Crippen molar-refractivity contribution in [2.75, 3.05) is 29.9 Å². The van der Waals surface area contributed by atoms with E-state index in [1.54, 1.807) is 10.7 Å². The minimum atomic E-state index is -0.0472. The van der Waals surface area contributed by atoms with Gasteiger partial charge in [-0.25, -0.2) is 4.79 Å². The second kappa shape index (κ2) is 4.57. The van der Waals surface area contributed by atoms with Crippen molar-refractivity contribution in [2.45, 2.75) is 0 Å². The van der Waals surface area contributed by atoms with Gasteiger partial charge in [-0.3, -0.25) is 10.00 Å². The number of nitrogens with zero attached hydrogens (tertiary/aromatic N) is 3. The van der Waals surface area contributed by atoms with E-state index in [9.17, 15) is 4.79 Å². The summed E-state index contributed by atoms with van der Waals surface area (Å²) >= 11 is 1.89. The third-order valence-corrected chi connectivity index (χ3v) is 3.19. The number of rotatable bonds is 1. The number of amides is 2. The Morgan fingerprint density at radius 1 is 1.53 bits per heavy atom. The van der Waals surface area contributed by atoms with Crippen molar-refractivity contribution < 1.29 is 4.79 Å². The van der Waals surface area contributed by atoms with Crippen LogP contribution < -0.4 is 5.32 Å². The van der Waals surface area contributed by atoms with E-state index in [1.165, 1.54) is 0 Å². The van der Waals surface area contributed by atoms with E-state index < -0.39 is 0 Å². The molecule has 0 aromatic carbocycles. The van der Waals surface area contributed by atoms with Crippen LogP contribution in [-0.2, 0) is 7.05 Å². The highest BCUT2D eigenvalue weighted by Gasteiger charge is 2.16. The zero-order chi connectivity index (χ0) is 10.7. The monoisotopic (exact) mass is 226 g/mol. The second-order valence-corrected chi connectivity index (χ2v) is 4.63. The van der Waals surface area contributed by atoms with Gasteiger partial charge in [-0.05, 0) is 0 Å². The summed E-state index contributed by atoms with van der Waals surface area (Å²) in [6.45, 7) is 1.65. The first-order valence-electron chi connectivity index (χ1n) is 4.89. The zero-order valence-electron chi connectivity index (χ0n) is 8.64. The summed E-state index contributed by atoms with van der Waals surface area (Å²) in [4.78, 5) is 13.6. The molecule has 1 aromatic rings. The van der Waals surface area contributed by atoms with Crippen LogP contribution in [0.4, 0.5) is 10.6 Å². The van der Waals surface area contributed by atoms with Crippen LogP contribution in [0, 0.1) is 0 Å². The zero-order valence-corrected chi connectivity index (χ0v) is 9.46. The van der Waals surface area contributed by atoms with Crippen molar-refractivity contribution in [1.29, 1.82) is 0 Å². The SMILES string of the molecule is Cn1ccc(NC(=O)N2CCSCC2)n1. The normalized spacial score (nSPS) is 16.5. The van der Waals surface area contributed by atoms with Crippen LogP contribution in [0.15, 0.2) is 12.3 Å². The fourth-order valence-electron chi connectivity index (χ4n) is 1.44. The number of carbonyl (C=O) groups is 1. The summed E-state index contributed by atoms with van der Waals surface area (Å²) in [5.41, 5.74) is 0. The van der Waals surface area contributed by atoms with Gasteiger partial charge in [-0.2, -0.15) is 16.9 Å². The van der Waals surface area contributed by atoms with Crippen LogP contribution in [0.1, 0.15) is 0 Å². The Labute approximate surface area is 92.8 Å². The quantitative estimate of drug-likeness (QED) is 0.777. The Morgan fingerprint density at radius 3 is 2.87 bits per heavy atom. The lowest BCUT2D eigenvalue weighted by Gasteiger charge is -2.25. The highest BCUT2D eigenvalue weighted by atomic mass is 32.2. The molecule has 0 atom stereocenters. The van der Waals surface area contributed by atoms with E-state index in [0.717, 1.165) is 24.6 Å². The number of hydrogen-bond acceptors (Lipinski definition) is 3. The molecule has 0 aliphatic carbocycles. The Balaban J connectivity index is 1.91. The summed E-state index contributed by atoms with van der Waals surface area (Å²) in [6, 6.07) is 1.74. The van der Waals surface area contributed by atoms with E-state index in [0.29, 0.717) is 5.82 Å². The topological polar surface area (TPSA) is 50.2 Å². The molecule has 1 N–H and O–H groups in total. The van der Waals surface area contributed by atoms with E-state index in [4.69, 9.17) is 0 Å². The predicted octanol–water partition coefficient (Wildman–Crippen LogP) is 1.00. The maximum Gasteiger partial charge on any atom is 0.323 e. The highest BCUT2D eigenvalue weighted by molar-refractivity contribution is 7.99. The number of hydrogen-bond donors (Lipinski definition) is 1. The largest absolute Gasteiger partial charge is 0.323 e. The molecule has 1 saturated heterocycles. The summed E-state index contributed by atoms with van der Waals surface area (Å²) in [7, 11) is 1.83. The molecule has 1 fully saturated rings. The molecule has 15 heavy (non-hydrogen) atoms. The first-order valence-corrected chi connectivity index (χ1v) is 6.04. The van der Waals surface area contributed by atoms with Gasteiger partial charge >= 0.3 is 6.03 Å². The van der Waals surface area contributed by atoms with Gasteiger partial charge in [0.2, 0.25) is 0 Å². The molecule has 82 valence electrons. The number of nitrogens with one attached hydrogen (secondary N) is 1. The van der Waals surface area contributed by atoms with Crippen LogP contribution in [-0.4, -0.2) is 45.3 Å². The molecular formula is C9H14N4OS. The predicted molar refractivity (Wildman–Crippen MR) is 61.1 cm³/mol. The first-order chi connectivity index (χ1) is 7.25. The van der Waals surface area contributed by atoms with Gasteiger partial charge in [-0.15, -0.1) is 0 Å². The lowest BCUT2D eigenvalue weighted by molar-refractivity contribution is 0.217. The molecule has 1 aliphatic rings. The van der Waals surface area contributed by atoms with Crippen LogP contribution >= 0.6 is 11.8 Å². The number of thioether (sulfide) groups is 1. The molecule has 0 radical (unpaired) electrons. The Kier molecular flexibility index (Phi) is 3.15. The van der Waals surface area contributed by atoms with Crippen LogP contribution in [0.2, 0.25) is 0 Å². The van der Waals surface area contributed by atoms with Gasteiger partial charge in [-0.1, -0.05) is 0 Å². The fourth-order valence-corrected chi connectivity index (χ4v) is 2.34. The van der Waals surface area contributed by atoms with Crippen molar-refractivity contribution >= 4 is 23.6 Å². The number of carbonyl (C=O) groups excluding carboxylic acids is 1. The molecule has 0 saturated carbocycles. The number of anilines is 1. The smallest absolute Gasteiger partial charge is 0.323 e. The molecule has 5 nitrogen and oxygen atoms in total. The van der Waals surface area contributed by atoms with Gasteiger partial charge in [0.05, 0.1) is 0 Å². The number of aromatic nitrogens is 2. The fraction of sp³-hybridized carbons (Fsp3) is 0.556. The van der Waals surface area contributed by atoms with Crippen LogP contribution in [0.25, 0.3) is 0 Å². The lowest BCUT2D eigenvalue weighted by Crippen LogP contribution is -2.40. The summed E-state index contributed by atoms with van der Waals surface area (Å²) in [5, 5.41) is 6.88. The van der Waals surface area contributed by atoms with Gasteiger partial charge < -0.3 is 4.90 Å². The molecule has 2 rings (SSSR count). The third kappa shape index (κ3) is 2.65. The van der Waals surface area contributed by atoms with Gasteiger partial charge in [0, 0.05) is 43.9 Å². The maximum atomic E-state index is 11.7. The van der Waals surface area contributed by atoms with Crippen molar-refractivity contribution in [1.82, 2.24) is 14.7 Å². The molecule has 2 amide bonds. The second-order valence-electron chi connectivity index (χ2n) is 3.40. The summed E-state index contributed by atoms with van der Waals surface area (Å²) in [5.74, 6) is 2.66. The molecule has 0 spiro atoms. The molecule has 0 unspecified atom stereocenters. The van der Waals surface area contributed by atoms with E-state index >= 15 is 0 Å². The van der Waals surface area contributed by atoms with Crippen molar-refractivity contribution in [3.63, 3.8) is 0 Å². The van der Waals surface area contributed by atoms with Crippen LogP contribution in [0.5, 0.6) is 0 Å². The average molecular weight is 226 g/mol.